The van der Waals surface area contributed by atoms with Crippen molar-refractivity contribution in [2.24, 2.45) is 0 Å². The summed E-state index contributed by atoms with van der Waals surface area (Å²) in [5, 5.41) is 8.88. The quantitative estimate of drug-likeness (QED) is 0.727. The molecule has 1 aliphatic rings. The van der Waals surface area contributed by atoms with Gasteiger partial charge in [-0.3, -0.25) is 9.48 Å². The summed E-state index contributed by atoms with van der Waals surface area (Å²) in [4.78, 5) is 15.0. The summed E-state index contributed by atoms with van der Waals surface area (Å²) in [6.45, 7) is 3.55. The molecule has 0 radical (unpaired) electrons. The first-order chi connectivity index (χ1) is 12.7. The molecule has 0 bridgehead atoms. The third-order valence-electron chi connectivity index (χ3n) is 4.88. The van der Waals surface area contributed by atoms with Crippen LogP contribution in [0.15, 0.2) is 55.0 Å². The zero-order valence-electron chi connectivity index (χ0n) is 15.0. The third-order valence-corrected chi connectivity index (χ3v) is 4.88. The van der Waals surface area contributed by atoms with Gasteiger partial charge in [0.2, 0.25) is 0 Å². The average Bonchev–Trinajstić information content (AvgIpc) is 3.32. The van der Waals surface area contributed by atoms with Crippen molar-refractivity contribution < 1.29 is 4.79 Å². The van der Waals surface area contributed by atoms with E-state index in [1.54, 1.807) is 10.7 Å². The van der Waals surface area contributed by atoms with Crippen LogP contribution in [-0.2, 0) is 6.54 Å². The number of likely N-dealkylation sites (tertiary alicyclic amines) is 1. The highest BCUT2D eigenvalue weighted by Gasteiger charge is 2.29. The first-order valence-electron chi connectivity index (χ1n) is 9.12. The van der Waals surface area contributed by atoms with Crippen LogP contribution in [0, 0.1) is 6.92 Å². The predicted molar refractivity (Wildman–Crippen MR) is 99.2 cm³/mol. The number of amides is 1. The molecular weight excluding hydrogens is 326 g/mol. The van der Waals surface area contributed by atoms with Crippen molar-refractivity contribution in [3.8, 4) is 5.69 Å². The maximum absolute atomic E-state index is 13.1. The number of carbonyl (C=O) groups excluding carboxylic acids is 1. The molecule has 6 nitrogen and oxygen atoms in total. The number of hydrogen-bond acceptors (Lipinski definition) is 3. The van der Waals surface area contributed by atoms with E-state index >= 15 is 0 Å². The molecule has 0 aliphatic carbocycles. The first-order valence-corrected chi connectivity index (χ1v) is 9.12. The number of nitrogens with zero attached hydrogens (tertiary/aromatic N) is 5. The fourth-order valence-electron chi connectivity index (χ4n) is 3.55. The number of rotatable bonds is 4. The van der Waals surface area contributed by atoms with Gasteiger partial charge in [0.25, 0.3) is 5.91 Å². The van der Waals surface area contributed by atoms with Gasteiger partial charge in [0.15, 0.2) is 5.69 Å². The third kappa shape index (κ3) is 3.40. The predicted octanol–water partition coefficient (Wildman–Crippen LogP) is 3.07. The second-order valence-electron chi connectivity index (χ2n) is 6.87. The fourth-order valence-corrected chi connectivity index (χ4v) is 3.55. The van der Waals surface area contributed by atoms with Crippen molar-refractivity contribution in [1.29, 1.82) is 0 Å². The molecule has 0 spiro atoms. The summed E-state index contributed by atoms with van der Waals surface area (Å²) in [5.41, 5.74) is 2.59. The molecule has 0 N–H and O–H groups in total. The van der Waals surface area contributed by atoms with Crippen LogP contribution in [0.5, 0.6) is 0 Å². The molecule has 0 unspecified atom stereocenters. The topological polar surface area (TPSA) is 56.0 Å². The van der Waals surface area contributed by atoms with Crippen molar-refractivity contribution in [1.82, 2.24) is 24.5 Å². The SMILES string of the molecule is Cc1cnn(C[C@@H]2CCCCN2C(=O)c2ccn(-c3ccccc3)n2)c1. The van der Waals surface area contributed by atoms with Gasteiger partial charge in [-0.25, -0.2) is 4.68 Å². The summed E-state index contributed by atoms with van der Waals surface area (Å²) < 4.78 is 3.69. The van der Waals surface area contributed by atoms with Gasteiger partial charge in [-0.2, -0.15) is 10.2 Å². The number of piperidine rings is 1. The van der Waals surface area contributed by atoms with E-state index in [4.69, 9.17) is 0 Å². The Morgan fingerprint density at radius 3 is 2.81 bits per heavy atom. The Hall–Kier alpha value is -2.89. The van der Waals surface area contributed by atoms with Gasteiger partial charge >= 0.3 is 0 Å². The molecule has 3 aromatic rings. The highest BCUT2D eigenvalue weighted by atomic mass is 16.2. The molecule has 6 heteroatoms. The van der Waals surface area contributed by atoms with Crippen LogP contribution < -0.4 is 0 Å². The van der Waals surface area contributed by atoms with Gasteiger partial charge in [-0.05, 0) is 49.9 Å². The van der Waals surface area contributed by atoms with E-state index in [0.717, 1.165) is 43.6 Å². The minimum absolute atomic E-state index is 0.00765. The summed E-state index contributed by atoms with van der Waals surface area (Å²) in [7, 11) is 0. The molecule has 0 saturated carbocycles. The highest BCUT2D eigenvalue weighted by Crippen LogP contribution is 2.21. The maximum atomic E-state index is 13.1. The number of aryl methyl sites for hydroxylation is 1. The van der Waals surface area contributed by atoms with Gasteiger partial charge in [0.05, 0.1) is 24.5 Å². The van der Waals surface area contributed by atoms with Crippen LogP contribution in [0.3, 0.4) is 0 Å². The van der Waals surface area contributed by atoms with Crippen molar-refractivity contribution in [2.75, 3.05) is 6.54 Å². The summed E-state index contributed by atoms with van der Waals surface area (Å²) in [6.07, 6.45) is 8.92. The van der Waals surface area contributed by atoms with Crippen LogP contribution in [0.25, 0.3) is 5.69 Å². The monoisotopic (exact) mass is 349 g/mol. The fraction of sp³-hybridized carbons (Fsp3) is 0.350. The standard InChI is InChI=1S/C20H23N5O/c1-16-13-21-23(14-16)15-18-9-5-6-11-24(18)20(26)19-10-12-25(22-19)17-7-3-2-4-8-17/h2-4,7-8,10,12-14,18H,5-6,9,11,15H2,1H3/t18-/m0/s1. The van der Waals surface area contributed by atoms with Crippen LogP contribution in [-0.4, -0.2) is 43.0 Å². The Bertz CT molecular complexity index is 883. The molecule has 1 atom stereocenters. The number of hydrogen-bond donors (Lipinski definition) is 0. The first kappa shape index (κ1) is 16.6. The summed E-state index contributed by atoms with van der Waals surface area (Å²) in [6, 6.07) is 11.8. The normalized spacial score (nSPS) is 17.4. The number of aromatic nitrogens is 4. The van der Waals surface area contributed by atoms with E-state index in [0.29, 0.717) is 5.69 Å². The zero-order chi connectivity index (χ0) is 17.9. The molecule has 3 heterocycles. The lowest BCUT2D eigenvalue weighted by molar-refractivity contribution is 0.0577. The van der Waals surface area contributed by atoms with Crippen LogP contribution in [0.2, 0.25) is 0 Å². The van der Waals surface area contributed by atoms with Gasteiger partial charge in [0.1, 0.15) is 0 Å². The lowest BCUT2D eigenvalue weighted by atomic mass is 10.0. The molecular formula is C20H23N5O. The molecule has 4 rings (SSSR count). The number of carbonyl (C=O) groups is 1. The highest BCUT2D eigenvalue weighted by molar-refractivity contribution is 5.92. The van der Waals surface area contributed by atoms with Crippen LogP contribution in [0.1, 0.15) is 35.3 Å². The van der Waals surface area contributed by atoms with Gasteiger partial charge in [-0.15, -0.1) is 0 Å². The Balaban J connectivity index is 1.53. The number of benzene rings is 1. The minimum atomic E-state index is 0.00765. The minimum Gasteiger partial charge on any atom is -0.332 e. The average molecular weight is 349 g/mol. The van der Waals surface area contributed by atoms with E-state index in [9.17, 15) is 4.79 Å². The molecule has 1 aliphatic heterocycles. The second-order valence-corrected chi connectivity index (χ2v) is 6.87. The molecule has 1 saturated heterocycles. The summed E-state index contributed by atoms with van der Waals surface area (Å²) >= 11 is 0. The molecule has 1 amide bonds. The van der Waals surface area contributed by atoms with Crippen molar-refractivity contribution in [3.63, 3.8) is 0 Å². The van der Waals surface area contributed by atoms with Gasteiger partial charge in [0, 0.05) is 18.9 Å². The Morgan fingerprint density at radius 2 is 2.04 bits per heavy atom. The van der Waals surface area contributed by atoms with Gasteiger partial charge < -0.3 is 4.90 Å². The van der Waals surface area contributed by atoms with E-state index in [-0.39, 0.29) is 11.9 Å². The van der Waals surface area contributed by atoms with E-state index in [1.165, 1.54) is 0 Å². The molecule has 26 heavy (non-hydrogen) atoms. The Kier molecular flexibility index (Phi) is 4.56. The lowest BCUT2D eigenvalue weighted by Gasteiger charge is -2.35. The molecule has 1 fully saturated rings. The Labute approximate surface area is 153 Å². The van der Waals surface area contributed by atoms with Crippen LogP contribution >= 0.6 is 0 Å². The zero-order valence-corrected chi connectivity index (χ0v) is 15.0. The lowest BCUT2D eigenvalue weighted by Crippen LogP contribution is -2.46. The van der Waals surface area contributed by atoms with Crippen molar-refractivity contribution >= 4 is 5.91 Å². The molecule has 2 aromatic heterocycles. The van der Waals surface area contributed by atoms with Crippen molar-refractivity contribution in [2.45, 2.75) is 38.8 Å². The van der Waals surface area contributed by atoms with Gasteiger partial charge in [-0.1, -0.05) is 18.2 Å². The molecule has 1 aromatic carbocycles. The second kappa shape index (κ2) is 7.15. The summed E-state index contributed by atoms with van der Waals surface area (Å²) in [5.74, 6) is 0.00765. The largest absolute Gasteiger partial charge is 0.332 e. The van der Waals surface area contributed by atoms with Crippen LogP contribution in [0.4, 0.5) is 0 Å². The maximum Gasteiger partial charge on any atom is 0.274 e. The Morgan fingerprint density at radius 1 is 1.19 bits per heavy atom. The van der Waals surface area contributed by atoms with E-state index < -0.39 is 0 Å². The van der Waals surface area contributed by atoms with E-state index in [1.807, 2.05) is 65.4 Å². The van der Waals surface area contributed by atoms with E-state index in [2.05, 4.69) is 10.2 Å². The number of para-hydroxylation sites is 1. The smallest absolute Gasteiger partial charge is 0.274 e. The van der Waals surface area contributed by atoms with Crippen molar-refractivity contribution in [3.05, 3.63) is 66.2 Å². The molecule has 134 valence electrons.